The fraction of sp³-hybridized carbons (Fsp3) is 0. The van der Waals surface area contributed by atoms with Gasteiger partial charge < -0.3 is 32.7 Å². The van der Waals surface area contributed by atoms with E-state index < -0.39 is 0 Å². The number of nitrogens with one attached hydrogen (secondary N) is 4. The van der Waals surface area contributed by atoms with Gasteiger partial charge in [-0.3, -0.25) is 0 Å². The smallest absolute Gasteiger partial charge is 0.398 e. The van der Waals surface area contributed by atoms with Gasteiger partial charge in [-0.2, -0.15) is 0 Å². The van der Waals surface area contributed by atoms with E-state index in [9.17, 15) is 9.59 Å². The first-order valence-corrected chi connectivity index (χ1v) is 12.6. The number of amides is 4. The Morgan fingerprint density at radius 2 is 0.829 bits per heavy atom. The van der Waals surface area contributed by atoms with E-state index in [-0.39, 0.29) is 29.1 Å². The van der Waals surface area contributed by atoms with Crippen LogP contribution in [0.5, 0.6) is 0 Å². The van der Waals surface area contributed by atoms with Crippen LogP contribution in [0.15, 0.2) is 72.8 Å². The second-order valence-electron chi connectivity index (χ2n) is 9.01. The molecule has 0 saturated heterocycles. The van der Waals surface area contributed by atoms with E-state index in [0.717, 1.165) is 33.6 Å². The number of fused-ring (bicyclic) bond motifs is 2. The molecule has 0 aromatic heterocycles. The maximum Gasteiger partial charge on any atom is 2.00 e. The number of nitrogens with two attached hydrogens (primary N) is 2. The molecule has 0 aliphatic heterocycles. The monoisotopic (exact) mass is 584 g/mol. The number of hydrogen-bond donors (Lipinski definition) is 6. The molecular formula is C32H28FeN6O2+2. The molecule has 4 aromatic carbocycles. The van der Waals surface area contributed by atoms with Crippen molar-refractivity contribution in [2.45, 2.75) is 0 Å². The van der Waals surface area contributed by atoms with Crippen molar-refractivity contribution in [2.24, 2.45) is 0 Å². The van der Waals surface area contributed by atoms with E-state index in [4.69, 9.17) is 11.5 Å². The van der Waals surface area contributed by atoms with Gasteiger partial charge >= 0.3 is 29.1 Å². The van der Waals surface area contributed by atoms with E-state index in [1.807, 2.05) is 124 Å². The molecule has 0 atom stereocenters. The molecule has 9 heteroatoms. The van der Waals surface area contributed by atoms with Crippen LogP contribution in [-0.4, -0.2) is 12.1 Å². The van der Waals surface area contributed by atoms with E-state index in [2.05, 4.69) is 21.3 Å². The molecule has 4 aromatic rings. The molecule has 0 bridgehead atoms. The van der Waals surface area contributed by atoms with Crippen LogP contribution in [0.4, 0.5) is 32.3 Å². The van der Waals surface area contributed by atoms with Crippen molar-refractivity contribution in [1.29, 1.82) is 0 Å². The molecule has 2 aliphatic carbocycles. The summed E-state index contributed by atoms with van der Waals surface area (Å²) < 4.78 is 0. The zero-order chi connectivity index (χ0) is 27.9. The number of anilines is 4. The molecule has 8 nitrogen and oxygen atoms in total. The Morgan fingerprint density at radius 1 is 0.488 bits per heavy atom. The van der Waals surface area contributed by atoms with E-state index in [0.29, 0.717) is 22.7 Å². The Hall–Kier alpha value is -3.94. The molecular weight excluding hydrogens is 556 g/mol. The number of hydrogen-bond acceptors (Lipinski definition) is 4. The number of carbonyl (C=O) groups is 2. The summed E-state index contributed by atoms with van der Waals surface area (Å²) in [6, 6.07) is 23.7. The van der Waals surface area contributed by atoms with Crippen molar-refractivity contribution >= 4 is 56.4 Å². The van der Waals surface area contributed by atoms with Crippen molar-refractivity contribution < 1.29 is 26.7 Å². The van der Waals surface area contributed by atoms with Gasteiger partial charge in [0.15, 0.2) is 0 Å². The largest absolute Gasteiger partial charge is 2.00 e. The summed E-state index contributed by atoms with van der Waals surface area (Å²) in [6.45, 7) is 0. The first-order valence-electron chi connectivity index (χ1n) is 12.6. The van der Waals surface area contributed by atoms with Gasteiger partial charge in [-0.05, 0) is 86.4 Å². The number of nitrogen functional groups attached to an aromatic ring is 2. The second kappa shape index (κ2) is 14.1. The summed E-state index contributed by atoms with van der Waals surface area (Å²) in [5, 5.41) is 14.9. The first-order chi connectivity index (χ1) is 19.5. The van der Waals surface area contributed by atoms with Crippen LogP contribution in [0.2, 0.25) is 0 Å². The molecule has 41 heavy (non-hydrogen) atoms. The number of rotatable bonds is 4. The molecule has 0 heterocycles. The first kappa shape index (κ1) is 30.0. The number of urea groups is 2. The summed E-state index contributed by atoms with van der Waals surface area (Å²) in [5.41, 5.74) is 14.7. The van der Waals surface area contributed by atoms with Gasteiger partial charge in [0.05, 0.1) is 23.5 Å². The predicted molar refractivity (Wildman–Crippen MR) is 162 cm³/mol. The minimum Gasteiger partial charge on any atom is -0.398 e. The third kappa shape index (κ3) is 7.63. The third-order valence-corrected chi connectivity index (χ3v) is 6.21. The van der Waals surface area contributed by atoms with Gasteiger partial charge in [0.25, 0.3) is 0 Å². The fourth-order valence-electron chi connectivity index (χ4n) is 4.43. The van der Waals surface area contributed by atoms with E-state index in [1.165, 1.54) is 0 Å². The Bertz CT molecular complexity index is 1370. The van der Waals surface area contributed by atoms with Crippen molar-refractivity contribution in [3.8, 4) is 0 Å². The Balaban J connectivity index is 0.000000184. The average molecular weight is 584 g/mol. The van der Waals surface area contributed by atoms with Crippen molar-refractivity contribution in [3.63, 3.8) is 0 Å². The van der Waals surface area contributed by atoms with E-state index in [1.54, 1.807) is 0 Å². The maximum absolute atomic E-state index is 12.0. The van der Waals surface area contributed by atoms with Crippen LogP contribution in [0, 0.1) is 63.5 Å². The minimum absolute atomic E-state index is 0. The van der Waals surface area contributed by atoms with Crippen LogP contribution in [0.25, 0.3) is 21.5 Å². The van der Waals surface area contributed by atoms with Gasteiger partial charge in [-0.15, -0.1) is 0 Å². The van der Waals surface area contributed by atoms with Crippen LogP contribution >= 0.6 is 0 Å². The van der Waals surface area contributed by atoms with Gasteiger partial charge in [0, 0.05) is 22.1 Å². The molecule has 2 fully saturated rings. The molecule has 204 valence electrons. The maximum atomic E-state index is 12.0. The molecule has 0 unspecified atom stereocenters. The van der Waals surface area contributed by atoms with Crippen molar-refractivity contribution in [2.75, 3.05) is 22.1 Å². The number of benzene rings is 4. The Morgan fingerprint density at radius 3 is 1.20 bits per heavy atom. The summed E-state index contributed by atoms with van der Waals surface area (Å²) in [6.07, 6.45) is 14.8. The zero-order valence-electron chi connectivity index (χ0n) is 21.9. The molecule has 0 spiro atoms. The Kier molecular flexibility index (Phi) is 10.3. The second-order valence-corrected chi connectivity index (χ2v) is 9.01. The van der Waals surface area contributed by atoms with E-state index >= 15 is 0 Å². The van der Waals surface area contributed by atoms with Crippen LogP contribution < -0.4 is 32.7 Å². The molecule has 2 saturated carbocycles. The van der Waals surface area contributed by atoms with Crippen molar-refractivity contribution in [1.82, 2.24) is 10.6 Å². The number of carbonyl (C=O) groups excluding carboxylic acids is 2. The van der Waals surface area contributed by atoms with Gasteiger partial charge in [-0.1, -0.05) is 48.5 Å². The van der Waals surface area contributed by atoms with Gasteiger partial charge in [0.2, 0.25) is 0 Å². The van der Waals surface area contributed by atoms with Crippen LogP contribution in [-0.2, 0) is 17.1 Å². The molecule has 2 aliphatic rings. The standard InChI is InChI=1S/2C16H14N3O.Fe/c2*17-13-9-3-5-11-6-4-10-14(15(11)13)19-16(20)18-12-7-1-2-8-12;/h2*1-10H,17H2,(H2,18,19,20);/q;;+2. The third-order valence-electron chi connectivity index (χ3n) is 6.21. The average Bonchev–Trinajstić information content (AvgIpc) is 3.64. The topological polar surface area (TPSA) is 134 Å². The minimum atomic E-state index is -0.285. The molecule has 10 radical (unpaired) electrons. The van der Waals surface area contributed by atoms with Gasteiger partial charge in [0.1, 0.15) is 0 Å². The van der Waals surface area contributed by atoms with Crippen LogP contribution in [0.1, 0.15) is 0 Å². The van der Waals surface area contributed by atoms with Crippen LogP contribution in [0.3, 0.4) is 0 Å². The molecule has 8 N–H and O–H groups in total. The summed E-state index contributed by atoms with van der Waals surface area (Å²) >= 11 is 0. The normalized spacial score (nSPS) is 15.0. The molecule has 4 amide bonds. The molecule has 6 rings (SSSR count). The Labute approximate surface area is 251 Å². The summed E-state index contributed by atoms with van der Waals surface area (Å²) in [4.78, 5) is 23.9. The quantitative estimate of drug-likeness (QED) is 0.133. The summed E-state index contributed by atoms with van der Waals surface area (Å²) in [7, 11) is 0. The SMILES string of the molecule is Nc1cccc2cccc(NC(=O)N[C]3[CH][CH][CH][CH]3)c12.Nc1cccc2cccc(NC(=O)N[C]3[CH][CH][CH][CH]3)c12.[Fe+2]. The summed E-state index contributed by atoms with van der Waals surface area (Å²) in [5.74, 6) is 0. The zero-order valence-corrected chi connectivity index (χ0v) is 23.0. The van der Waals surface area contributed by atoms with Gasteiger partial charge in [-0.25, -0.2) is 9.59 Å². The fourth-order valence-corrected chi connectivity index (χ4v) is 4.43. The predicted octanol–water partition coefficient (Wildman–Crippen LogP) is 5.81. The van der Waals surface area contributed by atoms with Crippen molar-refractivity contribution in [3.05, 3.63) is 136 Å².